The number of nitrogens with one attached hydrogen (secondary N) is 1. The molecule has 0 spiro atoms. The van der Waals surface area contributed by atoms with Crippen LogP contribution in [0.4, 0.5) is 0 Å². The molecule has 0 bridgehead atoms. The van der Waals surface area contributed by atoms with Crippen molar-refractivity contribution in [2.45, 2.75) is 39.2 Å². The third kappa shape index (κ3) is 5.55. The van der Waals surface area contributed by atoms with Crippen molar-refractivity contribution in [2.75, 3.05) is 6.61 Å². The quantitative estimate of drug-likeness (QED) is 0.670. The molecular formula is C19H25NO3. The number of carbonyl (C=O) groups is 2. The second kappa shape index (κ2) is 8.51. The number of ether oxygens (including phenoxy) is 1. The second-order valence-electron chi connectivity index (χ2n) is 6.29. The van der Waals surface area contributed by atoms with Crippen LogP contribution in [0.5, 0.6) is 0 Å². The minimum Gasteiger partial charge on any atom is -0.452 e. The Morgan fingerprint density at radius 2 is 1.96 bits per heavy atom. The maximum Gasteiger partial charge on any atom is 0.331 e. The molecule has 0 radical (unpaired) electrons. The molecule has 1 aliphatic rings. The highest BCUT2D eigenvalue weighted by molar-refractivity contribution is 5.89. The number of esters is 1. The van der Waals surface area contributed by atoms with E-state index in [1.165, 1.54) is 12.5 Å². The molecule has 0 unspecified atom stereocenters. The van der Waals surface area contributed by atoms with Crippen LogP contribution in [0.15, 0.2) is 36.4 Å². The van der Waals surface area contributed by atoms with E-state index in [9.17, 15) is 9.59 Å². The summed E-state index contributed by atoms with van der Waals surface area (Å²) in [5.41, 5.74) is 0.916. The number of hydrogen-bond acceptors (Lipinski definition) is 3. The van der Waals surface area contributed by atoms with E-state index < -0.39 is 5.97 Å². The van der Waals surface area contributed by atoms with Crippen LogP contribution in [-0.2, 0) is 14.3 Å². The van der Waals surface area contributed by atoms with Crippen molar-refractivity contribution in [1.29, 1.82) is 0 Å². The minimum absolute atomic E-state index is 0.185. The molecular weight excluding hydrogens is 290 g/mol. The highest BCUT2D eigenvalue weighted by Gasteiger charge is 2.28. The van der Waals surface area contributed by atoms with Crippen LogP contribution in [-0.4, -0.2) is 24.5 Å². The van der Waals surface area contributed by atoms with Gasteiger partial charge in [-0.15, -0.1) is 0 Å². The maximum atomic E-state index is 11.9. The summed E-state index contributed by atoms with van der Waals surface area (Å²) in [5.74, 6) is 0.346. The van der Waals surface area contributed by atoms with E-state index in [0.29, 0.717) is 11.8 Å². The van der Waals surface area contributed by atoms with Gasteiger partial charge in [0.1, 0.15) is 0 Å². The fourth-order valence-electron chi connectivity index (χ4n) is 2.95. The molecule has 1 saturated carbocycles. The lowest BCUT2D eigenvalue weighted by Crippen LogP contribution is -2.45. The summed E-state index contributed by atoms with van der Waals surface area (Å²) in [6.07, 6.45) is 6.36. The first-order chi connectivity index (χ1) is 11.1. The Balaban J connectivity index is 1.73. The number of hydrogen-bond donors (Lipinski definition) is 1. The van der Waals surface area contributed by atoms with E-state index in [0.717, 1.165) is 18.4 Å². The Morgan fingerprint density at radius 1 is 1.22 bits per heavy atom. The van der Waals surface area contributed by atoms with E-state index in [4.69, 9.17) is 4.74 Å². The van der Waals surface area contributed by atoms with Crippen LogP contribution >= 0.6 is 0 Å². The lowest BCUT2D eigenvalue weighted by Gasteiger charge is -2.34. The predicted octanol–water partition coefficient (Wildman–Crippen LogP) is 3.18. The van der Waals surface area contributed by atoms with Gasteiger partial charge in [-0.2, -0.15) is 0 Å². The average Bonchev–Trinajstić information content (AvgIpc) is 2.56. The van der Waals surface area contributed by atoms with Crippen molar-refractivity contribution in [2.24, 2.45) is 11.8 Å². The van der Waals surface area contributed by atoms with Crippen LogP contribution in [0.1, 0.15) is 38.7 Å². The third-order valence-corrected chi connectivity index (χ3v) is 4.61. The van der Waals surface area contributed by atoms with E-state index in [1.54, 1.807) is 6.08 Å². The zero-order chi connectivity index (χ0) is 16.7. The molecule has 0 aromatic heterocycles. The normalized spacial score (nSPS) is 24.3. The van der Waals surface area contributed by atoms with Gasteiger partial charge >= 0.3 is 5.97 Å². The van der Waals surface area contributed by atoms with Crippen molar-refractivity contribution >= 4 is 18.0 Å². The van der Waals surface area contributed by atoms with Crippen LogP contribution in [0.3, 0.4) is 0 Å². The van der Waals surface area contributed by atoms with Gasteiger partial charge in [-0.25, -0.2) is 4.79 Å². The van der Waals surface area contributed by atoms with Gasteiger partial charge in [0.2, 0.25) is 0 Å². The molecule has 1 N–H and O–H groups in total. The van der Waals surface area contributed by atoms with Gasteiger partial charge in [-0.3, -0.25) is 4.79 Å². The largest absolute Gasteiger partial charge is 0.452 e. The van der Waals surface area contributed by atoms with Gasteiger partial charge in [0.05, 0.1) is 0 Å². The Hall–Kier alpha value is -2.10. The molecule has 23 heavy (non-hydrogen) atoms. The zero-order valence-corrected chi connectivity index (χ0v) is 13.8. The fourth-order valence-corrected chi connectivity index (χ4v) is 2.95. The molecule has 4 heteroatoms. The van der Waals surface area contributed by atoms with Crippen molar-refractivity contribution in [1.82, 2.24) is 5.32 Å². The van der Waals surface area contributed by atoms with E-state index in [1.807, 2.05) is 30.3 Å². The molecule has 1 fully saturated rings. The molecule has 1 aromatic carbocycles. The van der Waals surface area contributed by atoms with E-state index >= 15 is 0 Å². The van der Waals surface area contributed by atoms with Crippen molar-refractivity contribution in [3.05, 3.63) is 42.0 Å². The van der Waals surface area contributed by atoms with Crippen LogP contribution in [0, 0.1) is 11.8 Å². The standard InChI is InChI=1S/C19H25NO3/c1-14-7-6-10-17(15(14)2)20-18(21)13-23-19(22)12-11-16-8-4-3-5-9-16/h3-5,8-9,11-12,14-15,17H,6-7,10,13H2,1-2H3,(H,20,21)/b12-11+/t14-,15+,17-/m0/s1. The monoisotopic (exact) mass is 315 g/mol. The first kappa shape index (κ1) is 17.3. The summed E-state index contributed by atoms with van der Waals surface area (Å²) in [6, 6.07) is 9.66. The van der Waals surface area contributed by atoms with Crippen molar-refractivity contribution in [3.8, 4) is 0 Å². The Bertz CT molecular complexity index is 553. The van der Waals surface area contributed by atoms with Crippen LogP contribution in [0.2, 0.25) is 0 Å². The average molecular weight is 315 g/mol. The maximum absolute atomic E-state index is 11.9. The molecule has 1 aliphatic carbocycles. The van der Waals surface area contributed by atoms with Crippen molar-refractivity contribution in [3.63, 3.8) is 0 Å². The third-order valence-electron chi connectivity index (χ3n) is 4.61. The lowest BCUT2D eigenvalue weighted by molar-refractivity contribution is -0.144. The van der Waals surface area contributed by atoms with Crippen LogP contribution in [0.25, 0.3) is 6.08 Å². The van der Waals surface area contributed by atoms with E-state index in [2.05, 4.69) is 19.2 Å². The first-order valence-corrected chi connectivity index (χ1v) is 8.25. The number of rotatable bonds is 5. The number of amides is 1. The summed E-state index contributed by atoms with van der Waals surface area (Å²) < 4.78 is 4.99. The highest BCUT2D eigenvalue weighted by atomic mass is 16.5. The molecule has 1 amide bonds. The molecule has 0 heterocycles. The van der Waals surface area contributed by atoms with Crippen molar-refractivity contribution < 1.29 is 14.3 Å². The lowest BCUT2D eigenvalue weighted by atomic mass is 9.78. The Morgan fingerprint density at radius 3 is 2.70 bits per heavy atom. The Labute approximate surface area is 137 Å². The summed E-state index contributed by atoms with van der Waals surface area (Å²) in [6.45, 7) is 4.16. The zero-order valence-electron chi connectivity index (χ0n) is 13.8. The predicted molar refractivity (Wildman–Crippen MR) is 90.5 cm³/mol. The molecule has 0 saturated heterocycles. The number of benzene rings is 1. The Kier molecular flexibility index (Phi) is 6.39. The summed E-state index contributed by atoms with van der Waals surface area (Å²) in [7, 11) is 0. The summed E-state index contributed by atoms with van der Waals surface area (Å²) in [4.78, 5) is 23.6. The first-order valence-electron chi connectivity index (χ1n) is 8.25. The molecule has 4 nitrogen and oxygen atoms in total. The van der Waals surface area contributed by atoms with Gasteiger partial charge in [-0.1, -0.05) is 57.0 Å². The fraction of sp³-hybridized carbons (Fsp3) is 0.474. The van der Waals surface area contributed by atoms with Gasteiger partial charge < -0.3 is 10.1 Å². The van der Waals surface area contributed by atoms with Gasteiger partial charge in [0.25, 0.3) is 5.91 Å². The SMILES string of the molecule is C[C@H]1[C@@H](NC(=O)COC(=O)/C=C/c2ccccc2)CCC[C@@H]1C. The molecule has 124 valence electrons. The van der Waals surface area contributed by atoms with Gasteiger partial charge in [0, 0.05) is 12.1 Å². The smallest absolute Gasteiger partial charge is 0.331 e. The molecule has 1 aromatic rings. The number of carbonyl (C=O) groups excluding carboxylic acids is 2. The summed E-state index contributed by atoms with van der Waals surface area (Å²) in [5, 5.41) is 2.99. The minimum atomic E-state index is -0.505. The van der Waals surface area contributed by atoms with Gasteiger partial charge in [-0.05, 0) is 29.9 Å². The summed E-state index contributed by atoms with van der Waals surface area (Å²) >= 11 is 0. The van der Waals surface area contributed by atoms with Crippen LogP contribution < -0.4 is 5.32 Å². The topological polar surface area (TPSA) is 55.4 Å². The molecule has 0 aliphatic heterocycles. The molecule has 3 atom stereocenters. The van der Waals surface area contributed by atoms with E-state index in [-0.39, 0.29) is 18.6 Å². The highest BCUT2D eigenvalue weighted by Crippen LogP contribution is 2.29. The van der Waals surface area contributed by atoms with Gasteiger partial charge in [0.15, 0.2) is 6.61 Å². The second-order valence-corrected chi connectivity index (χ2v) is 6.29. The molecule has 2 rings (SSSR count).